The summed E-state index contributed by atoms with van der Waals surface area (Å²) in [5, 5.41) is 0. The van der Waals surface area contributed by atoms with Crippen molar-refractivity contribution in [1.29, 1.82) is 0 Å². The molecule has 43 heavy (non-hydrogen) atoms. The van der Waals surface area contributed by atoms with Gasteiger partial charge in [-0.2, -0.15) is 8.78 Å². The molecular weight excluding hydrogens is 562 g/mol. The Hall–Kier alpha value is -2.18. The number of ether oxygens (including phenoxy) is 1. The van der Waals surface area contributed by atoms with Crippen LogP contribution in [0.5, 0.6) is 5.75 Å². The predicted octanol–water partition coefficient (Wildman–Crippen LogP) is 11.9. The zero-order valence-electron chi connectivity index (χ0n) is 25.3. The molecule has 5 rings (SSSR count). The third-order valence-electron chi connectivity index (χ3n) is 11.0. The van der Waals surface area contributed by atoms with Gasteiger partial charge in [0.25, 0.3) is 0 Å². The van der Waals surface area contributed by atoms with E-state index in [-0.39, 0.29) is 5.56 Å². The fraction of sp³-hybridized carbons (Fsp3) is 0.667. The van der Waals surface area contributed by atoms with E-state index >= 15 is 8.78 Å². The molecule has 0 aromatic heterocycles. The maximum Gasteiger partial charge on any atom is 0.400 e. The Morgan fingerprint density at radius 1 is 0.628 bits per heavy atom. The van der Waals surface area contributed by atoms with Crippen LogP contribution >= 0.6 is 0 Å². The van der Waals surface area contributed by atoms with E-state index in [1.54, 1.807) is 0 Å². The van der Waals surface area contributed by atoms with Gasteiger partial charge in [0, 0.05) is 12.1 Å². The number of hydrogen-bond donors (Lipinski definition) is 0. The highest BCUT2D eigenvalue weighted by Gasteiger charge is 2.45. The lowest BCUT2D eigenvalue weighted by Gasteiger charge is -2.42. The van der Waals surface area contributed by atoms with Gasteiger partial charge in [-0.25, -0.2) is 17.6 Å². The molecule has 0 aliphatic heterocycles. The first-order valence-electron chi connectivity index (χ1n) is 16.7. The Morgan fingerprint density at radius 3 is 1.65 bits per heavy atom. The van der Waals surface area contributed by atoms with Gasteiger partial charge < -0.3 is 4.74 Å². The Labute approximate surface area is 252 Å². The van der Waals surface area contributed by atoms with Crippen LogP contribution in [0.4, 0.5) is 26.3 Å². The molecule has 0 N–H and O–H groups in total. The van der Waals surface area contributed by atoms with Gasteiger partial charge in [0.2, 0.25) is 0 Å². The minimum Gasteiger partial charge on any atom is -0.432 e. The molecule has 238 valence electrons. The van der Waals surface area contributed by atoms with Crippen molar-refractivity contribution < 1.29 is 31.1 Å². The highest BCUT2D eigenvalue weighted by Crippen LogP contribution is 2.48. The molecule has 7 heteroatoms. The number of benzene rings is 2. The minimum atomic E-state index is -3.57. The topological polar surface area (TPSA) is 9.23 Å². The molecule has 0 saturated heterocycles. The van der Waals surface area contributed by atoms with Crippen LogP contribution in [0.15, 0.2) is 30.3 Å². The van der Waals surface area contributed by atoms with E-state index < -0.39 is 46.6 Å². The Morgan fingerprint density at radius 2 is 1.14 bits per heavy atom. The molecule has 0 amide bonds. The monoisotopic (exact) mass is 608 g/mol. The Balaban J connectivity index is 1.08. The molecule has 2 aromatic rings. The van der Waals surface area contributed by atoms with Crippen molar-refractivity contribution in [2.45, 2.75) is 116 Å². The lowest BCUT2D eigenvalue weighted by atomic mass is 9.65. The second-order valence-corrected chi connectivity index (χ2v) is 13.6. The van der Waals surface area contributed by atoms with Crippen LogP contribution in [0.2, 0.25) is 0 Å². The summed E-state index contributed by atoms with van der Waals surface area (Å²) in [6, 6.07) is 3.80. The van der Waals surface area contributed by atoms with E-state index in [1.807, 2.05) is 0 Å². The summed E-state index contributed by atoms with van der Waals surface area (Å²) in [6.07, 6.45) is 14.4. The summed E-state index contributed by atoms with van der Waals surface area (Å²) in [7, 11) is 0. The SMILES string of the molecule is CCCCCC1CCC(C2CCC(C3CCC(C(F)(F)Oc4cc(F)c(-c5ccc(F)c(F)c5)c(F)c4)CC3)CC2)CC1. The van der Waals surface area contributed by atoms with Crippen LogP contribution in [0, 0.1) is 58.8 Å². The molecule has 0 unspecified atom stereocenters. The molecule has 3 aliphatic rings. The Kier molecular flexibility index (Phi) is 10.7. The van der Waals surface area contributed by atoms with Gasteiger partial charge in [-0.15, -0.1) is 0 Å². The highest BCUT2D eigenvalue weighted by atomic mass is 19.3. The van der Waals surface area contributed by atoms with Crippen molar-refractivity contribution in [3.63, 3.8) is 0 Å². The average molecular weight is 609 g/mol. The van der Waals surface area contributed by atoms with Crippen LogP contribution in [-0.4, -0.2) is 6.11 Å². The van der Waals surface area contributed by atoms with Gasteiger partial charge in [-0.3, -0.25) is 0 Å². The van der Waals surface area contributed by atoms with Crippen molar-refractivity contribution in [2.75, 3.05) is 0 Å². The van der Waals surface area contributed by atoms with Gasteiger partial charge in [-0.1, -0.05) is 51.5 Å². The largest absolute Gasteiger partial charge is 0.432 e. The maximum absolute atomic E-state index is 15.2. The van der Waals surface area contributed by atoms with Crippen LogP contribution in [-0.2, 0) is 0 Å². The van der Waals surface area contributed by atoms with Gasteiger partial charge in [0.05, 0.1) is 11.5 Å². The van der Waals surface area contributed by atoms with Gasteiger partial charge >= 0.3 is 6.11 Å². The van der Waals surface area contributed by atoms with E-state index in [2.05, 4.69) is 6.92 Å². The highest BCUT2D eigenvalue weighted by molar-refractivity contribution is 5.66. The lowest BCUT2D eigenvalue weighted by molar-refractivity contribution is -0.224. The molecule has 0 spiro atoms. The molecule has 0 heterocycles. The van der Waals surface area contributed by atoms with Crippen molar-refractivity contribution in [2.24, 2.45) is 35.5 Å². The van der Waals surface area contributed by atoms with Crippen molar-refractivity contribution in [3.8, 4) is 16.9 Å². The molecule has 2 aromatic carbocycles. The zero-order valence-corrected chi connectivity index (χ0v) is 25.3. The zero-order chi connectivity index (χ0) is 30.6. The average Bonchev–Trinajstić information content (AvgIpc) is 2.99. The number of halogens is 6. The molecule has 0 atom stereocenters. The summed E-state index contributed by atoms with van der Waals surface area (Å²) in [5.41, 5.74) is -0.857. The van der Waals surface area contributed by atoms with Gasteiger partial charge in [0.15, 0.2) is 11.6 Å². The number of hydrogen-bond acceptors (Lipinski definition) is 1. The maximum atomic E-state index is 15.2. The molecule has 3 aliphatic carbocycles. The standard InChI is InChI=1S/C36H46F6O/c1-2-3-4-5-23-6-8-24(9-7-23)25-10-12-26(13-11-25)27-14-17-29(18-15-27)36(41,42)43-30-21-33(39)35(34(40)22-30)28-16-19-31(37)32(38)20-28/h16,19-27,29H,2-15,17-18H2,1H3. The van der Waals surface area contributed by atoms with Crippen molar-refractivity contribution in [1.82, 2.24) is 0 Å². The van der Waals surface area contributed by atoms with Crippen LogP contribution in [0.25, 0.3) is 11.1 Å². The first-order valence-corrected chi connectivity index (χ1v) is 16.7. The second-order valence-electron chi connectivity index (χ2n) is 13.6. The molecule has 0 radical (unpaired) electrons. The van der Waals surface area contributed by atoms with Crippen molar-refractivity contribution >= 4 is 0 Å². The third-order valence-corrected chi connectivity index (χ3v) is 11.0. The Bertz CT molecular complexity index is 1170. The van der Waals surface area contributed by atoms with E-state index in [9.17, 15) is 17.6 Å². The fourth-order valence-electron chi connectivity index (χ4n) is 8.42. The lowest BCUT2D eigenvalue weighted by Crippen LogP contribution is -2.38. The molecule has 3 fully saturated rings. The minimum absolute atomic E-state index is 0.232. The number of rotatable bonds is 10. The summed E-state index contributed by atoms with van der Waals surface area (Å²) in [6.45, 7) is 2.27. The van der Waals surface area contributed by atoms with Crippen LogP contribution < -0.4 is 4.74 Å². The second kappa shape index (κ2) is 14.3. The van der Waals surface area contributed by atoms with E-state index in [0.29, 0.717) is 42.9 Å². The number of alkyl halides is 2. The van der Waals surface area contributed by atoms with Crippen LogP contribution in [0.1, 0.15) is 110 Å². The predicted molar refractivity (Wildman–Crippen MR) is 158 cm³/mol. The van der Waals surface area contributed by atoms with E-state index in [1.165, 1.54) is 77.0 Å². The molecule has 3 saturated carbocycles. The summed E-state index contributed by atoms with van der Waals surface area (Å²) >= 11 is 0. The van der Waals surface area contributed by atoms with Crippen LogP contribution in [0.3, 0.4) is 0 Å². The summed E-state index contributed by atoms with van der Waals surface area (Å²) in [5.74, 6) is -2.75. The smallest absolute Gasteiger partial charge is 0.400 e. The molecule has 0 bridgehead atoms. The normalized spacial score (nSPS) is 28.5. The summed E-state index contributed by atoms with van der Waals surface area (Å²) < 4.78 is 91.5. The van der Waals surface area contributed by atoms with Crippen molar-refractivity contribution in [3.05, 3.63) is 53.6 Å². The number of unbranched alkanes of at least 4 members (excludes halogenated alkanes) is 2. The summed E-state index contributed by atoms with van der Waals surface area (Å²) in [4.78, 5) is 0. The van der Waals surface area contributed by atoms with Gasteiger partial charge in [0.1, 0.15) is 17.4 Å². The quantitative estimate of drug-likeness (QED) is 0.193. The molecular formula is C36H46F6O. The van der Waals surface area contributed by atoms with E-state index in [4.69, 9.17) is 4.74 Å². The first-order chi connectivity index (χ1) is 20.6. The molecule has 1 nitrogen and oxygen atoms in total. The van der Waals surface area contributed by atoms with Gasteiger partial charge in [-0.05, 0) is 111 Å². The van der Waals surface area contributed by atoms with E-state index in [0.717, 1.165) is 42.7 Å². The fourth-order valence-corrected chi connectivity index (χ4v) is 8.42. The first kappa shape index (κ1) is 32.2. The third kappa shape index (κ3) is 7.92.